The number of carboxylic acids is 1. The van der Waals surface area contributed by atoms with E-state index in [4.69, 9.17) is 28.0 Å². The van der Waals surface area contributed by atoms with Crippen molar-refractivity contribution in [3.63, 3.8) is 0 Å². The van der Waals surface area contributed by atoms with Gasteiger partial charge in [0, 0.05) is 56.5 Å². The molecule has 76 heavy (non-hydrogen) atoms. The van der Waals surface area contributed by atoms with Crippen molar-refractivity contribution >= 4 is 70.1 Å². The predicted molar refractivity (Wildman–Crippen MR) is 279 cm³/mol. The van der Waals surface area contributed by atoms with E-state index in [1.165, 1.54) is 6.92 Å². The van der Waals surface area contributed by atoms with Gasteiger partial charge in [-0.15, -0.1) is 0 Å². The van der Waals surface area contributed by atoms with Crippen molar-refractivity contribution in [1.29, 1.82) is 10.8 Å². The fourth-order valence-electron chi connectivity index (χ4n) is 8.52. The summed E-state index contributed by atoms with van der Waals surface area (Å²) < 4.78 is 0. The number of H-pyrrole nitrogens is 1. The van der Waals surface area contributed by atoms with Crippen molar-refractivity contribution in [2.24, 2.45) is 17.2 Å². The molecule has 0 aliphatic carbocycles. The quantitative estimate of drug-likeness (QED) is 0.0226. The number of aromatic amines is 1. The fourth-order valence-corrected chi connectivity index (χ4v) is 8.52. The number of hydrogen-bond acceptors (Lipinski definition) is 14. The van der Waals surface area contributed by atoms with Crippen LogP contribution in [0, 0.1) is 10.8 Å². The van der Waals surface area contributed by atoms with E-state index in [1.54, 1.807) is 42.6 Å². The van der Waals surface area contributed by atoms with E-state index in [9.17, 15) is 53.7 Å². The zero-order chi connectivity index (χ0) is 55.7. The van der Waals surface area contributed by atoms with Gasteiger partial charge in [0.15, 0.2) is 11.9 Å². The molecule has 4 rings (SSSR count). The van der Waals surface area contributed by atoms with Crippen LogP contribution in [0.5, 0.6) is 0 Å². The summed E-state index contributed by atoms with van der Waals surface area (Å²) in [6.45, 7) is 1.48. The van der Waals surface area contributed by atoms with E-state index in [0.29, 0.717) is 11.1 Å². The van der Waals surface area contributed by atoms with Crippen molar-refractivity contribution in [2.45, 2.75) is 139 Å². The first kappa shape index (κ1) is 60.7. The lowest BCUT2D eigenvalue weighted by molar-refractivity contribution is -0.142. The average Bonchev–Trinajstić information content (AvgIpc) is 3.77. The number of carbonyl (C=O) groups is 8. The number of aliphatic hydroxyl groups is 2. The molecular weight excluding hydrogens is 989 g/mol. The summed E-state index contributed by atoms with van der Waals surface area (Å²) in [4.78, 5) is 112. The molecule has 1 aliphatic heterocycles. The first-order valence-electron chi connectivity index (χ1n) is 25.1. The highest BCUT2D eigenvalue weighted by molar-refractivity contribution is 5.95. The molecule has 416 valence electrons. The van der Waals surface area contributed by atoms with E-state index in [0.717, 1.165) is 10.9 Å². The Bertz CT molecular complexity index is 2460. The number of rotatable bonds is 20. The topological polar surface area (TPSA) is 459 Å². The van der Waals surface area contributed by atoms with E-state index in [-0.39, 0.29) is 102 Å². The van der Waals surface area contributed by atoms with Gasteiger partial charge in [0.1, 0.15) is 30.6 Å². The molecule has 7 amide bonds. The van der Waals surface area contributed by atoms with Crippen LogP contribution in [0.25, 0.3) is 10.9 Å². The third-order valence-electron chi connectivity index (χ3n) is 12.4. The molecule has 0 radical (unpaired) electrons. The molecule has 1 aliphatic rings. The number of aliphatic carboxylic acids is 1. The van der Waals surface area contributed by atoms with E-state index < -0.39 is 108 Å². The SMILES string of the molecule is CC(=O)N[C@@H](CCCNC(=N)N)C(O)N[C@H]1CC(=O)NCCCC[C@@H](C(=O)O)NC(=O)[C@H](Cc2c[nH]c3ccccc23)NC(=O)[C@H](CCCNC(=N)N)NC(=O)[C@@H](Cc2ccccc2)NC(O)[C@H](CCC(N)=O)NC1=O. The minimum Gasteiger partial charge on any atom is -0.480 e. The molecule has 3 aromatic rings. The number of aromatic nitrogens is 1. The number of nitrogens with two attached hydrogens (primary N) is 3. The molecule has 22 N–H and O–H groups in total. The maximum Gasteiger partial charge on any atom is 0.326 e. The number of primary amides is 1. The molecule has 9 atom stereocenters. The Morgan fingerprint density at radius 2 is 1.42 bits per heavy atom. The molecule has 1 fully saturated rings. The largest absolute Gasteiger partial charge is 0.480 e. The summed E-state index contributed by atoms with van der Waals surface area (Å²) in [6.07, 6.45) is -2.71. The molecule has 2 heterocycles. The minimum absolute atomic E-state index is 0.0239. The van der Waals surface area contributed by atoms with E-state index in [2.05, 4.69) is 58.2 Å². The molecule has 2 unspecified atom stereocenters. The normalized spacial score (nSPS) is 22.5. The van der Waals surface area contributed by atoms with Gasteiger partial charge in [-0.25, -0.2) is 4.79 Å². The molecule has 2 aromatic carbocycles. The van der Waals surface area contributed by atoms with E-state index >= 15 is 0 Å². The van der Waals surface area contributed by atoms with Crippen LogP contribution in [0.1, 0.15) is 82.3 Å². The highest BCUT2D eigenvalue weighted by Gasteiger charge is 2.35. The Labute approximate surface area is 439 Å². The van der Waals surface area contributed by atoms with Crippen molar-refractivity contribution < 1.29 is 53.7 Å². The Morgan fingerprint density at radius 3 is 2.09 bits per heavy atom. The predicted octanol–water partition coefficient (Wildman–Crippen LogP) is -3.48. The van der Waals surface area contributed by atoms with Crippen molar-refractivity contribution in [3.05, 3.63) is 71.9 Å². The number of carboxylic acid groups (broad SMARTS) is 1. The number of carbonyl (C=O) groups excluding carboxylic acids is 7. The van der Waals surface area contributed by atoms with Crippen molar-refractivity contribution in [1.82, 2.24) is 58.2 Å². The highest BCUT2D eigenvalue weighted by atomic mass is 16.4. The molecule has 1 saturated heterocycles. The lowest BCUT2D eigenvalue weighted by atomic mass is 10.0. The number of fused-ring (bicyclic) bond motifs is 1. The molecule has 0 saturated carbocycles. The van der Waals surface area contributed by atoms with Gasteiger partial charge in [-0.1, -0.05) is 48.5 Å². The second-order valence-electron chi connectivity index (χ2n) is 18.5. The molecule has 1 aromatic heterocycles. The standard InChI is InChI=1S/C49H74N16O11/c1-27(66)59-32(16-9-21-56-48(51)52)41(69)65-38-25-40(68)55-20-8-7-15-35(47(75)76)62-45(73)37(24-29-26-58-31-14-6-5-13-30(29)31)64-42(70)33(17-10-22-57-49(53)54)60-44(72)36(23-28-11-3-2-4-12-28)63-43(71)34(61-46(38)74)18-19-39(50)67/h2-6,11-14,26,32-38,41,43,58,63,65,69,71H,7-10,15-25H2,1H3,(H2,50,67)(H,55,68)(H,59,66)(H,60,72)(H,61,74)(H,62,73)(H,64,70)(H,75,76)(H4,51,52,56)(H4,53,54,57)/t32-,33-,34-,35-,36+,37-,38-,41?,43?/m0/s1. The van der Waals surface area contributed by atoms with Crippen LogP contribution in [0.15, 0.2) is 60.8 Å². The van der Waals surface area contributed by atoms with Gasteiger partial charge in [0.25, 0.3) is 0 Å². The highest BCUT2D eigenvalue weighted by Crippen LogP contribution is 2.20. The van der Waals surface area contributed by atoms with Crippen LogP contribution in [-0.4, -0.2) is 154 Å². The number of guanidine groups is 2. The van der Waals surface area contributed by atoms with Gasteiger partial charge < -0.3 is 80.0 Å². The number of aliphatic hydroxyl groups excluding tert-OH is 2. The molecule has 0 spiro atoms. The Balaban J connectivity index is 1.77. The smallest absolute Gasteiger partial charge is 0.326 e. The summed E-state index contributed by atoms with van der Waals surface area (Å²) in [6, 6.07) is 6.12. The summed E-state index contributed by atoms with van der Waals surface area (Å²) in [5, 5.41) is 76.1. The van der Waals surface area contributed by atoms with Crippen LogP contribution >= 0.6 is 0 Å². The zero-order valence-electron chi connectivity index (χ0n) is 42.4. The molecule has 27 nitrogen and oxygen atoms in total. The molecular formula is C49H74N16O11. The first-order valence-corrected chi connectivity index (χ1v) is 25.1. The Hall–Kier alpha value is -7.88. The van der Waals surface area contributed by atoms with Crippen LogP contribution in [0.3, 0.4) is 0 Å². The van der Waals surface area contributed by atoms with Gasteiger partial charge in [-0.3, -0.25) is 55.0 Å². The van der Waals surface area contributed by atoms with Gasteiger partial charge in [-0.05, 0) is 75.0 Å². The van der Waals surface area contributed by atoms with Crippen molar-refractivity contribution in [2.75, 3.05) is 19.6 Å². The monoisotopic (exact) mass is 1060 g/mol. The summed E-state index contributed by atoms with van der Waals surface area (Å²) in [7, 11) is 0. The minimum atomic E-state index is -1.84. The Morgan fingerprint density at radius 1 is 0.776 bits per heavy atom. The Kier molecular flexibility index (Phi) is 24.8. The van der Waals surface area contributed by atoms with Gasteiger partial charge >= 0.3 is 5.97 Å². The van der Waals surface area contributed by atoms with Gasteiger partial charge in [0.05, 0.1) is 30.6 Å². The number of benzene rings is 2. The third kappa shape index (κ3) is 21.2. The lowest BCUT2D eigenvalue weighted by Crippen LogP contribution is -2.62. The summed E-state index contributed by atoms with van der Waals surface area (Å²) in [5.74, 6) is -7.57. The number of nitrogens with one attached hydrogen (secondary N) is 13. The first-order chi connectivity index (χ1) is 36.2. The van der Waals surface area contributed by atoms with Crippen LogP contribution in [-0.2, 0) is 51.2 Å². The summed E-state index contributed by atoms with van der Waals surface area (Å²) in [5.41, 5.74) is 18.3. The average molecular weight is 1060 g/mol. The third-order valence-corrected chi connectivity index (χ3v) is 12.4. The maximum atomic E-state index is 14.6. The fraction of sp³-hybridized carbons (Fsp3) is 0.510. The van der Waals surface area contributed by atoms with Crippen LogP contribution < -0.4 is 70.4 Å². The number of hydrogen-bond donors (Lipinski definition) is 19. The van der Waals surface area contributed by atoms with Crippen LogP contribution in [0.4, 0.5) is 0 Å². The van der Waals surface area contributed by atoms with Crippen LogP contribution in [0.2, 0.25) is 0 Å². The lowest BCUT2D eigenvalue weighted by Gasteiger charge is -2.32. The second kappa shape index (κ2) is 31.1. The zero-order valence-corrected chi connectivity index (χ0v) is 42.4. The maximum absolute atomic E-state index is 14.6. The molecule has 27 heteroatoms. The van der Waals surface area contributed by atoms with Gasteiger partial charge in [-0.2, -0.15) is 0 Å². The van der Waals surface area contributed by atoms with E-state index in [1.807, 2.05) is 18.2 Å². The van der Waals surface area contributed by atoms with Gasteiger partial charge in [0.2, 0.25) is 41.4 Å². The summed E-state index contributed by atoms with van der Waals surface area (Å²) >= 11 is 0. The number of para-hydroxylation sites is 1. The van der Waals surface area contributed by atoms with Crippen molar-refractivity contribution in [3.8, 4) is 0 Å². The number of amides is 7. The molecule has 0 bridgehead atoms. The second-order valence-corrected chi connectivity index (χ2v) is 18.5.